The van der Waals surface area contributed by atoms with Crippen LogP contribution in [-0.2, 0) is 0 Å². The van der Waals surface area contributed by atoms with Crippen LogP contribution in [0.5, 0.6) is 11.5 Å². The molecule has 1 aromatic rings. The quantitative estimate of drug-likeness (QED) is 0.863. The van der Waals surface area contributed by atoms with Crippen LogP contribution in [-0.4, -0.2) is 20.3 Å². The van der Waals surface area contributed by atoms with Gasteiger partial charge < -0.3 is 15.2 Å². The van der Waals surface area contributed by atoms with Crippen molar-refractivity contribution in [3.05, 3.63) is 24.3 Å². The number of para-hydroxylation sites is 2. The highest BCUT2D eigenvalue weighted by molar-refractivity contribution is 5.39. The van der Waals surface area contributed by atoms with E-state index in [1.807, 2.05) is 24.3 Å². The predicted molar refractivity (Wildman–Crippen MR) is 82.2 cm³/mol. The molecule has 3 heteroatoms. The molecule has 1 aliphatic rings. The second-order valence-electron chi connectivity index (χ2n) is 6.15. The van der Waals surface area contributed by atoms with E-state index >= 15 is 0 Å². The maximum absolute atomic E-state index is 6.06. The zero-order chi connectivity index (χ0) is 14.4. The van der Waals surface area contributed by atoms with Gasteiger partial charge in [0.25, 0.3) is 0 Å². The SMILES string of the molecule is COc1ccccc1OCCC1(CN)CCCC(C)C1. The molecule has 0 bridgehead atoms. The van der Waals surface area contributed by atoms with Gasteiger partial charge in [-0.25, -0.2) is 0 Å². The molecule has 1 aromatic carbocycles. The van der Waals surface area contributed by atoms with Crippen LogP contribution < -0.4 is 15.2 Å². The summed E-state index contributed by atoms with van der Waals surface area (Å²) in [6.07, 6.45) is 6.15. The van der Waals surface area contributed by atoms with Crippen molar-refractivity contribution in [1.29, 1.82) is 0 Å². The molecule has 0 radical (unpaired) electrons. The summed E-state index contributed by atoms with van der Waals surface area (Å²) in [5.41, 5.74) is 6.33. The lowest BCUT2D eigenvalue weighted by Crippen LogP contribution is -2.36. The van der Waals surface area contributed by atoms with Crippen molar-refractivity contribution in [3.63, 3.8) is 0 Å². The van der Waals surface area contributed by atoms with Crippen LogP contribution in [0.15, 0.2) is 24.3 Å². The third kappa shape index (κ3) is 3.66. The normalized spacial score (nSPS) is 26.2. The minimum atomic E-state index is 0.277. The molecule has 1 aliphatic carbocycles. The van der Waals surface area contributed by atoms with Gasteiger partial charge in [-0.1, -0.05) is 31.9 Å². The molecular weight excluding hydrogens is 250 g/mol. The van der Waals surface area contributed by atoms with Gasteiger partial charge in [0.2, 0.25) is 0 Å². The maximum atomic E-state index is 6.06. The van der Waals surface area contributed by atoms with Crippen LogP contribution >= 0.6 is 0 Å². The molecule has 20 heavy (non-hydrogen) atoms. The molecule has 0 spiro atoms. The average molecular weight is 277 g/mol. The molecule has 0 heterocycles. The number of methoxy groups -OCH3 is 1. The molecule has 112 valence electrons. The predicted octanol–water partition coefficient (Wildman–Crippen LogP) is 3.62. The topological polar surface area (TPSA) is 44.5 Å². The van der Waals surface area contributed by atoms with E-state index in [4.69, 9.17) is 15.2 Å². The Morgan fingerprint density at radius 3 is 2.70 bits per heavy atom. The Balaban J connectivity index is 1.90. The molecule has 0 saturated heterocycles. The summed E-state index contributed by atoms with van der Waals surface area (Å²) >= 11 is 0. The van der Waals surface area contributed by atoms with Crippen LogP contribution in [0.4, 0.5) is 0 Å². The largest absolute Gasteiger partial charge is 0.493 e. The first-order chi connectivity index (χ1) is 9.69. The summed E-state index contributed by atoms with van der Waals surface area (Å²) in [5, 5.41) is 0. The lowest BCUT2D eigenvalue weighted by Gasteiger charge is -2.39. The van der Waals surface area contributed by atoms with Gasteiger partial charge in [-0.05, 0) is 49.3 Å². The Bertz CT molecular complexity index is 421. The van der Waals surface area contributed by atoms with Gasteiger partial charge in [0.15, 0.2) is 11.5 Å². The van der Waals surface area contributed by atoms with Gasteiger partial charge in [0.1, 0.15) is 0 Å². The van der Waals surface area contributed by atoms with Gasteiger partial charge in [-0.15, -0.1) is 0 Å². The van der Waals surface area contributed by atoms with Gasteiger partial charge in [-0.2, -0.15) is 0 Å². The molecule has 0 aromatic heterocycles. The van der Waals surface area contributed by atoms with Crippen LogP contribution in [0.2, 0.25) is 0 Å². The van der Waals surface area contributed by atoms with E-state index in [2.05, 4.69) is 6.92 Å². The van der Waals surface area contributed by atoms with Crippen LogP contribution in [0.25, 0.3) is 0 Å². The van der Waals surface area contributed by atoms with Crippen molar-refractivity contribution < 1.29 is 9.47 Å². The highest BCUT2D eigenvalue weighted by Gasteiger charge is 2.33. The second kappa shape index (κ2) is 6.98. The van der Waals surface area contributed by atoms with E-state index < -0.39 is 0 Å². The molecule has 0 amide bonds. The van der Waals surface area contributed by atoms with Gasteiger partial charge in [-0.3, -0.25) is 0 Å². The second-order valence-corrected chi connectivity index (χ2v) is 6.15. The number of ether oxygens (including phenoxy) is 2. The van der Waals surface area contributed by atoms with E-state index in [1.165, 1.54) is 25.7 Å². The molecule has 2 unspecified atom stereocenters. The Kier molecular flexibility index (Phi) is 5.30. The van der Waals surface area contributed by atoms with Crippen LogP contribution in [0.1, 0.15) is 39.0 Å². The van der Waals surface area contributed by atoms with Crippen LogP contribution in [0, 0.1) is 11.3 Å². The minimum absolute atomic E-state index is 0.277. The zero-order valence-electron chi connectivity index (χ0n) is 12.7. The Hall–Kier alpha value is -1.22. The third-order valence-electron chi connectivity index (χ3n) is 4.58. The first kappa shape index (κ1) is 15.2. The van der Waals surface area contributed by atoms with Crippen molar-refractivity contribution in [3.8, 4) is 11.5 Å². The molecular formula is C17H27NO2. The molecule has 0 aliphatic heterocycles. The molecule has 2 atom stereocenters. The fourth-order valence-corrected chi connectivity index (χ4v) is 3.40. The van der Waals surface area contributed by atoms with E-state index in [0.717, 1.165) is 30.4 Å². The summed E-state index contributed by atoms with van der Waals surface area (Å²) in [6, 6.07) is 7.81. The fraction of sp³-hybridized carbons (Fsp3) is 0.647. The number of hydrogen-bond donors (Lipinski definition) is 1. The smallest absolute Gasteiger partial charge is 0.161 e. The van der Waals surface area contributed by atoms with E-state index in [0.29, 0.717) is 6.61 Å². The van der Waals surface area contributed by atoms with Crippen molar-refractivity contribution in [1.82, 2.24) is 0 Å². The van der Waals surface area contributed by atoms with E-state index in [9.17, 15) is 0 Å². The highest BCUT2D eigenvalue weighted by Crippen LogP contribution is 2.41. The Morgan fingerprint density at radius 1 is 1.30 bits per heavy atom. The first-order valence-electron chi connectivity index (χ1n) is 7.65. The average Bonchev–Trinajstić information content (AvgIpc) is 2.48. The van der Waals surface area contributed by atoms with Gasteiger partial charge >= 0.3 is 0 Å². The van der Waals surface area contributed by atoms with E-state index in [-0.39, 0.29) is 5.41 Å². The summed E-state index contributed by atoms with van der Waals surface area (Å²) < 4.78 is 11.2. The molecule has 1 fully saturated rings. The van der Waals surface area contributed by atoms with Gasteiger partial charge in [0.05, 0.1) is 13.7 Å². The molecule has 2 rings (SSSR count). The number of nitrogens with two attached hydrogens (primary N) is 1. The monoisotopic (exact) mass is 277 g/mol. The number of hydrogen-bond acceptors (Lipinski definition) is 3. The Morgan fingerprint density at radius 2 is 2.05 bits per heavy atom. The lowest BCUT2D eigenvalue weighted by atomic mass is 9.68. The third-order valence-corrected chi connectivity index (χ3v) is 4.58. The molecule has 3 nitrogen and oxygen atoms in total. The number of benzene rings is 1. The number of rotatable bonds is 6. The maximum Gasteiger partial charge on any atom is 0.161 e. The van der Waals surface area contributed by atoms with Gasteiger partial charge in [0, 0.05) is 0 Å². The van der Waals surface area contributed by atoms with Crippen molar-refractivity contribution in [2.24, 2.45) is 17.1 Å². The summed E-state index contributed by atoms with van der Waals surface area (Å²) in [4.78, 5) is 0. The minimum Gasteiger partial charge on any atom is -0.493 e. The lowest BCUT2D eigenvalue weighted by molar-refractivity contribution is 0.115. The van der Waals surface area contributed by atoms with Crippen molar-refractivity contribution in [2.45, 2.75) is 39.0 Å². The van der Waals surface area contributed by atoms with Crippen molar-refractivity contribution in [2.75, 3.05) is 20.3 Å². The zero-order valence-corrected chi connectivity index (χ0v) is 12.7. The standard InChI is InChI=1S/C17H27NO2/c1-14-6-5-9-17(12-14,13-18)10-11-20-16-8-4-3-7-15(16)19-2/h3-4,7-8,14H,5-6,9-13,18H2,1-2H3. The summed E-state index contributed by atoms with van der Waals surface area (Å²) in [6.45, 7) is 3.82. The highest BCUT2D eigenvalue weighted by atomic mass is 16.5. The first-order valence-corrected chi connectivity index (χ1v) is 7.65. The summed E-state index contributed by atoms with van der Waals surface area (Å²) in [5.74, 6) is 2.41. The molecule has 2 N–H and O–H groups in total. The summed E-state index contributed by atoms with van der Waals surface area (Å²) in [7, 11) is 1.67. The fourth-order valence-electron chi connectivity index (χ4n) is 3.40. The molecule has 1 saturated carbocycles. The van der Waals surface area contributed by atoms with Crippen LogP contribution in [0.3, 0.4) is 0 Å². The van der Waals surface area contributed by atoms with Crippen molar-refractivity contribution >= 4 is 0 Å². The Labute approximate surface area is 122 Å². The van der Waals surface area contributed by atoms with E-state index in [1.54, 1.807) is 7.11 Å².